The quantitative estimate of drug-likeness (QED) is 0.306. The lowest BCUT2D eigenvalue weighted by Crippen LogP contribution is -2.62. The number of likely N-dealkylation sites (tertiary alicyclic amines) is 3. The van der Waals surface area contributed by atoms with Gasteiger partial charge in [-0.15, -0.1) is 24.0 Å². The van der Waals surface area contributed by atoms with Crippen molar-refractivity contribution in [1.82, 2.24) is 25.3 Å². The van der Waals surface area contributed by atoms with Gasteiger partial charge in [0.1, 0.15) is 0 Å². The highest BCUT2D eigenvalue weighted by Gasteiger charge is 2.39. The van der Waals surface area contributed by atoms with Crippen molar-refractivity contribution >= 4 is 29.9 Å². The van der Waals surface area contributed by atoms with Crippen molar-refractivity contribution in [2.24, 2.45) is 4.99 Å². The molecule has 0 aromatic rings. The average molecular weight is 561 g/mol. The van der Waals surface area contributed by atoms with E-state index in [1.807, 2.05) is 7.05 Å². The molecule has 6 nitrogen and oxygen atoms in total. The highest BCUT2D eigenvalue weighted by atomic mass is 127. The Morgan fingerprint density at radius 3 is 2.09 bits per heavy atom. The van der Waals surface area contributed by atoms with Gasteiger partial charge in [-0.05, 0) is 84.6 Å². The van der Waals surface area contributed by atoms with Gasteiger partial charge < -0.3 is 20.4 Å². The number of halogens is 1. The minimum Gasteiger partial charge on any atom is -0.355 e. The van der Waals surface area contributed by atoms with Crippen LogP contribution in [0, 0.1) is 0 Å². The molecular weight excluding hydrogens is 511 g/mol. The molecule has 0 amide bonds. The van der Waals surface area contributed by atoms with Crippen LogP contribution in [0.4, 0.5) is 0 Å². The molecule has 4 fully saturated rings. The zero-order valence-corrected chi connectivity index (χ0v) is 23.1. The van der Waals surface area contributed by atoms with Crippen LogP contribution in [0.3, 0.4) is 0 Å². The summed E-state index contributed by atoms with van der Waals surface area (Å²) >= 11 is 0. The Labute approximate surface area is 214 Å². The van der Waals surface area contributed by atoms with Crippen LogP contribution in [0.25, 0.3) is 0 Å². The number of guanidine groups is 1. The summed E-state index contributed by atoms with van der Waals surface area (Å²) in [4.78, 5) is 12.7. The molecule has 0 atom stereocenters. The second-order valence-electron chi connectivity index (χ2n) is 10.7. The third-order valence-corrected chi connectivity index (χ3v) is 8.71. The number of nitrogens with zero attached hydrogens (tertiary/aromatic N) is 4. The van der Waals surface area contributed by atoms with Gasteiger partial charge >= 0.3 is 0 Å². The zero-order valence-electron chi connectivity index (χ0n) is 20.8. The van der Waals surface area contributed by atoms with E-state index < -0.39 is 0 Å². The smallest absolute Gasteiger partial charge is 0.191 e. The number of hydrogen-bond donors (Lipinski definition) is 2. The fourth-order valence-electron chi connectivity index (χ4n) is 6.50. The Morgan fingerprint density at radius 1 is 0.844 bits per heavy atom. The van der Waals surface area contributed by atoms with Gasteiger partial charge in [-0.25, -0.2) is 0 Å². The van der Waals surface area contributed by atoms with E-state index in [-0.39, 0.29) is 24.0 Å². The predicted molar refractivity (Wildman–Crippen MR) is 146 cm³/mol. The van der Waals surface area contributed by atoms with E-state index in [4.69, 9.17) is 0 Å². The third-order valence-electron chi connectivity index (χ3n) is 8.71. The lowest BCUT2D eigenvalue weighted by molar-refractivity contribution is 0.0172. The first-order valence-corrected chi connectivity index (χ1v) is 13.3. The molecule has 0 bridgehead atoms. The van der Waals surface area contributed by atoms with Crippen molar-refractivity contribution in [3.05, 3.63) is 0 Å². The van der Waals surface area contributed by atoms with Gasteiger partial charge in [-0.2, -0.15) is 0 Å². The van der Waals surface area contributed by atoms with Crippen LogP contribution in [0.2, 0.25) is 0 Å². The van der Waals surface area contributed by atoms with Gasteiger partial charge in [0.25, 0.3) is 0 Å². The minimum absolute atomic E-state index is 0. The topological polar surface area (TPSA) is 46.1 Å². The van der Waals surface area contributed by atoms with Crippen LogP contribution in [0.15, 0.2) is 4.99 Å². The number of piperidine rings is 3. The summed E-state index contributed by atoms with van der Waals surface area (Å²) in [7, 11) is 4.21. The van der Waals surface area contributed by atoms with Crippen molar-refractivity contribution in [2.45, 2.75) is 94.7 Å². The van der Waals surface area contributed by atoms with Crippen LogP contribution < -0.4 is 10.6 Å². The second kappa shape index (κ2) is 13.1. The van der Waals surface area contributed by atoms with Crippen molar-refractivity contribution in [2.75, 3.05) is 59.9 Å². The van der Waals surface area contributed by atoms with E-state index in [1.54, 1.807) is 0 Å². The molecule has 0 aromatic carbocycles. The van der Waals surface area contributed by atoms with E-state index in [0.29, 0.717) is 11.6 Å². The minimum atomic E-state index is 0. The summed E-state index contributed by atoms with van der Waals surface area (Å²) in [5, 5.41) is 7.56. The molecular formula is C25H49IN6. The molecule has 0 spiro atoms. The van der Waals surface area contributed by atoms with Crippen molar-refractivity contribution < 1.29 is 0 Å². The molecule has 0 unspecified atom stereocenters. The molecule has 0 radical (unpaired) electrons. The lowest BCUT2D eigenvalue weighted by atomic mass is 9.84. The predicted octanol–water partition coefficient (Wildman–Crippen LogP) is 3.52. The summed E-state index contributed by atoms with van der Waals surface area (Å²) in [5.41, 5.74) is 0.300. The Bertz CT molecular complexity index is 557. The largest absolute Gasteiger partial charge is 0.355 e. The molecule has 3 heterocycles. The maximum Gasteiger partial charge on any atom is 0.191 e. The Balaban J connectivity index is 0.00000289. The first-order valence-electron chi connectivity index (χ1n) is 13.3. The molecule has 0 aromatic heterocycles. The SMILES string of the molecule is CN=C(NCC1(N2CCCCC2)CCN(C)CC1)NC1CCN(C2CCCCC2)CC1.I. The maximum absolute atomic E-state index is 4.62. The summed E-state index contributed by atoms with van der Waals surface area (Å²) in [5.74, 6) is 1.02. The van der Waals surface area contributed by atoms with E-state index in [0.717, 1.165) is 18.5 Å². The van der Waals surface area contributed by atoms with Gasteiger partial charge in [-0.3, -0.25) is 9.89 Å². The van der Waals surface area contributed by atoms with E-state index in [1.165, 1.54) is 116 Å². The highest BCUT2D eigenvalue weighted by Crippen LogP contribution is 2.31. The van der Waals surface area contributed by atoms with Crippen LogP contribution in [-0.2, 0) is 0 Å². The fourth-order valence-corrected chi connectivity index (χ4v) is 6.50. The molecule has 7 heteroatoms. The second-order valence-corrected chi connectivity index (χ2v) is 10.7. The number of aliphatic imine (C=N–C) groups is 1. The Kier molecular flexibility index (Phi) is 10.8. The average Bonchev–Trinajstić information content (AvgIpc) is 2.84. The van der Waals surface area contributed by atoms with Crippen molar-refractivity contribution in [3.63, 3.8) is 0 Å². The molecule has 4 aliphatic rings. The van der Waals surface area contributed by atoms with Gasteiger partial charge in [0.05, 0.1) is 0 Å². The van der Waals surface area contributed by atoms with E-state index in [2.05, 4.69) is 37.4 Å². The molecule has 186 valence electrons. The highest BCUT2D eigenvalue weighted by molar-refractivity contribution is 14.0. The van der Waals surface area contributed by atoms with Crippen LogP contribution in [0.5, 0.6) is 0 Å². The van der Waals surface area contributed by atoms with Crippen LogP contribution in [0.1, 0.15) is 77.0 Å². The Hall–Kier alpha value is -0.120. The maximum atomic E-state index is 4.62. The van der Waals surface area contributed by atoms with Crippen molar-refractivity contribution in [3.8, 4) is 0 Å². The Morgan fingerprint density at radius 2 is 1.47 bits per heavy atom. The number of hydrogen-bond acceptors (Lipinski definition) is 4. The van der Waals surface area contributed by atoms with Gasteiger partial charge in [0.15, 0.2) is 5.96 Å². The van der Waals surface area contributed by atoms with E-state index >= 15 is 0 Å². The summed E-state index contributed by atoms with van der Waals surface area (Å²) in [6.45, 7) is 8.51. The third kappa shape index (κ3) is 6.95. The fraction of sp³-hybridized carbons (Fsp3) is 0.960. The molecule has 4 rings (SSSR count). The van der Waals surface area contributed by atoms with Gasteiger partial charge in [-0.1, -0.05) is 25.7 Å². The van der Waals surface area contributed by atoms with Gasteiger partial charge in [0, 0.05) is 44.3 Å². The number of rotatable bonds is 5. The van der Waals surface area contributed by atoms with Crippen molar-refractivity contribution in [1.29, 1.82) is 0 Å². The number of nitrogens with one attached hydrogen (secondary N) is 2. The molecule has 2 N–H and O–H groups in total. The molecule has 1 aliphatic carbocycles. The molecule has 3 aliphatic heterocycles. The van der Waals surface area contributed by atoms with Gasteiger partial charge in [0.2, 0.25) is 0 Å². The summed E-state index contributed by atoms with van der Waals surface area (Å²) in [6.07, 6.45) is 16.4. The van der Waals surface area contributed by atoms with E-state index in [9.17, 15) is 0 Å². The summed E-state index contributed by atoms with van der Waals surface area (Å²) < 4.78 is 0. The first-order chi connectivity index (χ1) is 15.2. The van der Waals surface area contributed by atoms with Crippen LogP contribution >= 0.6 is 24.0 Å². The molecule has 3 saturated heterocycles. The monoisotopic (exact) mass is 560 g/mol. The standard InChI is InChI=1S/C25H48N6.HI/c1-26-24(28-22-11-17-30(18-12-22)23-9-5-3-6-10-23)27-21-25(13-19-29(2)20-14-25)31-15-7-4-8-16-31;/h22-23H,3-21H2,1-2H3,(H2,26,27,28);1H. The lowest BCUT2D eigenvalue weighted by Gasteiger charge is -2.50. The summed E-state index contributed by atoms with van der Waals surface area (Å²) in [6, 6.07) is 1.43. The normalized spacial score (nSPS) is 27.6. The zero-order chi connectivity index (χ0) is 21.5. The first kappa shape index (κ1) is 26.5. The molecule has 32 heavy (non-hydrogen) atoms. The molecule has 1 saturated carbocycles. The van der Waals surface area contributed by atoms with Crippen LogP contribution in [-0.4, -0.2) is 98.2 Å².